The van der Waals surface area contributed by atoms with Crippen molar-refractivity contribution in [2.45, 2.75) is 12.8 Å². The predicted molar refractivity (Wildman–Crippen MR) is 146 cm³/mol. The Kier molecular flexibility index (Phi) is 8.08. The van der Waals surface area contributed by atoms with E-state index in [0.717, 1.165) is 10.0 Å². The van der Waals surface area contributed by atoms with Crippen LogP contribution in [0.3, 0.4) is 0 Å². The van der Waals surface area contributed by atoms with Gasteiger partial charge >= 0.3 is 0 Å². The summed E-state index contributed by atoms with van der Waals surface area (Å²) in [4.78, 5) is 25.9. The van der Waals surface area contributed by atoms with Crippen LogP contribution in [0.1, 0.15) is 18.4 Å². The molecule has 1 aromatic heterocycles. The summed E-state index contributed by atoms with van der Waals surface area (Å²) < 4.78 is 0.925. The Hall–Kier alpha value is -3.32. The number of thiophene rings is 1. The second-order valence-corrected chi connectivity index (χ2v) is 10.4. The third-order valence-corrected chi connectivity index (χ3v) is 7.52. The highest BCUT2D eigenvalue weighted by molar-refractivity contribution is 9.10. The molecule has 3 N–H and O–H groups in total. The number of nitrogens with zero attached hydrogens (tertiary/aromatic N) is 1. The van der Waals surface area contributed by atoms with E-state index in [1.165, 1.54) is 23.1 Å². The standard InChI is InChI=1S/C26H21BrN4O2S2/c1-16-23(25(33)31-19-5-3-2-4-6-19)24(17-11-12-34-14-17)21(13-28)26(29-16)35-15-22(32)30-20-9-7-18(27)8-10-20/h2-12,14,24,29H,15H2,1H3,(H,30,32)(H,31,33). The summed E-state index contributed by atoms with van der Waals surface area (Å²) in [5, 5.41) is 23.6. The first-order valence-electron chi connectivity index (χ1n) is 10.6. The van der Waals surface area contributed by atoms with Gasteiger partial charge in [0.25, 0.3) is 5.91 Å². The summed E-state index contributed by atoms with van der Waals surface area (Å²) in [6, 6.07) is 20.7. The molecule has 1 atom stereocenters. The molecule has 2 amide bonds. The van der Waals surface area contributed by atoms with Crippen LogP contribution >= 0.6 is 39.0 Å². The van der Waals surface area contributed by atoms with Gasteiger partial charge in [0.05, 0.1) is 28.3 Å². The fourth-order valence-corrected chi connectivity index (χ4v) is 5.53. The number of amides is 2. The van der Waals surface area contributed by atoms with E-state index in [-0.39, 0.29) is 17.6 Å². The average Bonchev–Trinajstić information content (AvgIpc) is 3.39. The number of benzene rings is 2. The molecule has 0 aliphatic carbocycles. The number of halogens is 1. The number of thioether (sulfide) groups is 1. The van der Waals surface area contributed by atoms with Crippen molar-refractivity contribution in [2.75, 3.05) is 16.4 Å². The Morgan fingerprint density at radius 3 is 2.46 bits per heavy atom. The van der Waals surface area contributed by atoms with Crippen molar-refractivity contribution in [3.05, 3.63) is 103 Å². The highest BCUT2D eigenvalue weighted by Gasteiger charge is 2.35. The number of nitrogens with one attached hydrogen (secondary N) is 3. The van der Waals surface area contributed by atoms with Crippen LogP contribution in [0.15, 0.2) is 97.8 Å². The van der Waals surface area contributed by atoms with E-state index < -0.39 is 5.92 Å². The highest BCUT2D eigenvalue weighted by Crippen LogP contribution is 2.41. The van der Waals surface area contributed by atoms with Crippen LogP contribution in [0.2, 0.25) is 0 Å². The third kappa shape index (κ3) is 6.03. The molecule has 1 aliphatic heterocycles. The molecular weight excluding hydrogens is 544 g/mol. The minimum atomic E-state index is -0.534. The van der Waals surface area contributed by atoms with Crippen LogP contribution in [0.4, 0.5) is 11.4 Å². The van der Waals surface area contributed by atoms with E-state index in [2.05, 4.69) is 37.9 Å². The third-order valence-electron chi connectivity index (χ3n) is 5.28. The number of carbonyl (C=O) groups is 2. The quantitative estimate of drug-likeness (QED) is 0.317. The second kappa shape index (κ2) is 11.4. The Balaban J connectivity index is 1.57. The number of nitriles is 1. The SMILES string of the molecule is CC1=C(C(=O)Nc2ccccc2)C(c2ccsc2)C(C#N)=C(SCC(=O)Nc2ccc(Br)cc2)N1. The van der Waals surface area contributed by atoms with Gasteiger partial charge in [-0.1, -0.05) is 45.9 Å². The van der Waals surface area contributed by atoms with Crippen molar-refractivity contribution >= 4 is 62.2 Å². The molecule has 4 rings (SSSR count). The van der Waals surface area contributed by atoms with Gasteiger partial charge in [-0.15, -0.1) is 0 Å². The van der Waals surface area contributed by atoms with Crippen LogP contribution in [0, 0.1) is 11.3 Å². The monoisotopic (exact) mass is 564 g/mol. The van der Waals surface area contributed by atoms with Gasteiger partial charge in [-0.25, -0.2) is 0 Å². The molecule has 2 heterocycles. The highest BCUT2D eigenvalue weighted by atomic mass is 79.9. The fourth-order valence-electron chi connectivity index (χ4n) is 3.69. The minimum absolute atomic E-state index is 0.110. The molecule has 1 aliphatic rings. The smallest absolute Gasteiger partial charge is 0.254 e. The Morgan fingerprint density at radius 2 is 1.80 bits per heavy atom. The van der Waals surface area contributed by atoms with E-state index in [4.69, 9.17) is 0 Å². The first-order chi connectivity index (χ1) is 17.0. The molecule has 0 saturated heterocycles. The summed E-state index contributed by atoms with van der Waals surface area (Å²) in [6.45, 7) is 1.82. The van der Waals surface area contributed by atoms with Gasteiger partial charge in [-0.05, 0) is 65.7 Å². The summed E-state index contributed by atoms with van der Waals surface area (Å²) in [6.07, 6.45) is 0. The van der Waals surface area contributed by atoms with Crippen molar-refractivity contribution in [3.63, 3.8) is 0 Å². The van der Waals surface area contributed by atoms with E-state index >= 15 is 0 Å². The summed E-state index contributed by atoms with van der Waals surface area (Å²) in [5.41, 5.74) is 3.76. The van der Waals surface area contributed by atoms with Crippen molar-refractivity contribution in [1.82, 2.24) is 5.32 Å². The maximum atomic E-state index is 13.3. The zero-order valence-electron chi connectivity index (χ0n) is 18.7. The number of allylic oxidation sites excluding steroid dienone is 2. The van der Waals surface area contributed by atoms with E-state index in [1.54, 1.807) is 0 Å². The molecule has 0 bridgehead atoms. The van der Waals surface area contributed by atoms with Crippen molar-refractivity contribution in [1.29, 1.82) is 5.26 Å². The maximum Gasteiger partial charge on any atom is 0.254 e. The predicted octanol–water partition coefficient (Wildman–Crippen LogP) is 6.22. The molecule has 9 heteroatoms. The van der Waals surface area contributed by atoms with Gasteiger partial charge in [0.15, 0.2) is 0 Å². The largest absolute Gasteiger partial charge is 0.353 e. The Labute approximate surface area is 220 Å². The van der Waals surface area contributed by atoms with Crippen LogP contribution in [0.5, 0.6) is 0 Å². The lowest BCUT2D eigenvalue weighted by Crippen LogP contribution is -2.31. The summed E-state index contributed by atoms with van der Waals surface area (Å²) >= 11 is 6.13. The molecule has 176 valence electrons. The second-order valence-electron chi connectivity index (χ2n) is 7.67. The van der Waals surface area contributed by atoms with Gasteiger partial charge in [-0.3, -0.25) is 9.59 Å². The number of para-hydroxylation sites is 1. The van der Waals surface area contributed by atoms with E-state index in [9.17, 15) is 14.9 Å². The van der Waals surface area contributed by atoms with Crippen molar-refractivity contribution in [3.8, 4) is 6.07 Å². The van der Waals surface area contributed by atoms with Gasteiger partial charge < -0.3 is 16.0 Å². The molecule has 1 unspecified atom stereocenters. The van der Waals surface area contributed by atoms with Crippen LogP contribution in [-0.4, -0.2) is 17.6 Å². The molecule has 2 aromatic carbocycles. The lowest BCUT2D eigenvalue weighted by atomic mass is 9.83. The molecule has 0 spiro atoms. The topological polar surface area (TPSA) is 94.0 Å². The zero-order chi connectivity index (χ0) is 24.8. The maximum absolute atomic E-state index is 13.3. The van der Waals surface area contributed by atoms with E-state index in [1.807, 2.05) is 78.3 Å². The Morgan fingerprint density at radius 1 is 1.09 bits per heavy atom. The van der Waals surface area contributed by atoms with E-state index in [0.29, 0.717) is 33.2 Å². The number of carbonyl (C=O) groups excluding carboxylic acids is 2. The van der Waals surface area contributed by atoms with Gasteiger partial charge in [-0.2, -0.15) is 16.6 Å². The van der Waals surface area contributed by atoms with Gasteiger partial charge in [0.1, 0.15) is 0 Å². The first-order valence-corrected chi connectivity index (χ1v) is 13.4. The average molecular weight is 566 g/mol. The number of hydrogen-bond donors (Lipinski definition) is 3. The first kappa shape index (κ1) is 24.8. The summed E-state index contributed by atoms with van der Waals surface area (Å²) in [7, 11) is 0. The number of rotatable bonds is 7. The summed E-state index contributed by atoms with van der Waals surface area (Å²) in [5.74, 6) is -0.889. The molecule has 6 nitrogen and oxygen atoms in total. The molecule has 0 radical (unpaired) electrons. The lowest BCUT2D eigenvalue weighted by molar-refractivity contribution is -0.114. The molecule has 0 fully saturated rings. The molecule has 0 saturated carbocycles. The van der Waals surface area contributed by atoms with Crippen LogP contribution in [-0.2, 0) is 9.59 Å². The van der Waals surface area contributed by atoms with Crippen LogP contribution < -0.4 is 16.0 Å². The van der Waals surface area contributed by atoms with Crippen molar-refractivity contribution in [2.24, 2.45) is 0 Å². The van der Waals surface area contributed by atoms with Gasteiger partial charge in [0, 0.05) is 27.1 Å². The number of anilines is 2. The number of dihydropyridines is 1. The molecular formula is C26H21BrN4O2S2. The minimum Gasteiger partial charge on any atom is -0.353 e. The van der Waals surface area contributed by atoms with Crippen LogP contribution in [0.25, 0.3) is 0 Å². The van der Waals surface area contributed by atoms with Gasteiger partial charge in [0.2, 0.25) is 5.91 Å². The molecule has 35 heavy (non-hydrogen) atoms. The van der Waals surface area contributed by atoms with Crippen molar-refractivity contribution < 1.29 is 9.59 Å². The number of hydrogen-bond acceptors (Lipinski definition) is 6. The lowest BCUT2D eigenvalue weighted by Gasteiger charge is -2.29. The normalized spacial score (nSPS) is 15.3. The zero-order valence-corrected chi connectivity index (χ0v) is 21.9. The Bertz CT molecular complexity index is 1330. The fraction of sp³-hybridized carbons (Fsp3) is 0.115. The molecule has 3 aromatic rings.